The van der Waals surface area contributed by atoms with E-state index < -0.39 is 23.1 Å². The molecule has 2 N–H and O–H groups in total. The number of benzene rings is 3. The largest absolute Gasteiger partial charge is 0.324 e. The number of aromatic nitrogens is 3. The van der Waals surface area contributed by atoms with Crippen LogP contribution in [-0.4, -0.2) is 20.9 Å². The maximum Gasteiger partial charge on any atom is 0.261 e. The van der Waals surface area contributed by atoms with Gasteiger partial charge in [-0.1, -0.05) is 24.3 Å². The second-order valence-electron chi connectivity index (χ2n) is 7.56. The summed E-state index contributed by atoms with van der Waals surface area (Å²) in [6.45, 7) is 0. The quantitative estimate of drug-likeness (QED) is 0.270. The van der Waals surface area contributed by atoms with Crippen molar-refractivity contribution in [3.63, 3.8) is 0 Å². The highest BCUT2D eigenvalue weighted by atomic mass is 32.1. The molecule has 0 saturated carbocycles. The average molecular weight is 504 g/mol. The molecule has 0 aliphatic carbocycles. The third-order valence-corrected chi connectivity index (χ3v) is 5.97. The minimum Gasteiger partial charge on any atom is -0.324 e. The van der Waals surface area contributed by atoms with Crippen LogP contribution in [0, 0.1) is 17.5 Å². The van der Waals surface area contributed by atoms with Crippen LogP contribution in [0.4, 0.5) is 30.5 Å². The molecule has 36 heavy (non-hydrogen) atoms. The van der Waals surface area contributed by atoms with Crippen LogP contribution in [-0.2, 0) is 0 Å². The van der Waals surface area contributed by atoms with Crippen LogP contribution >= 0.6 is 11.3 Å². The zero-order valence-electron chi connectivity index (χ0n) is 18.4. The second-order valence-corrected chi connectivity index (χ2v) is 8.42. The average Bonchev–Trinajstić information content (AvgIpc) is 3.35. The van der Waals surface area contributed by atoms with Gasteiger partial charge in [-0.05, 0) is 48.5 Å². The second kappa shape index (κ2) is 9.96. The molecule has 1 amide bonds. The van der Waals surface area contributed by atoms with Gasteiger partial charge in [0.15, 0.2) is 0 Å². The molecule has 0 unspecified atom stereocenters. The Morgan fingerprint density at radius 1 is 0.833 bits per heavy atom. The summed E-state index contributed by atoms with van der Waals surface area (Å²) in [4.78, 5) is 26.4. The van der Waals surface area contributed by atoms with E-state index in [4.69, 9.17) is 0 Å². The van der Waals surface area contributed by atoms with Crippen molar-refractivity contribution in [1.82, 2.24) is 15.0 Å². The minimum atomic E-state index is -0.947. The molecule has 5 rings (SSSR count). The summed E-state index contributed by atoms with van der Waals surface area (Å²) >= 11 is 1.36. The van der Waals surface area contributed by atoms with Gasteiger partial charge in [0.25, 0.3) is 5.91 Å². The Kier molecular flexibility index (Phi) is 6.42. The molecule has 0 atom stereocenters. The van der Waals surface area contributed by atoms with Crippen LogP contribution in [0.3, 0.4) is 0 Å². The lowest BCUT2D eigenvalue weighted by molar-refractivity contribution is 0.101. The van der Waals surface area contributed by atoms with Gasteiger partial charge in [0.2, 0.25) is 5.95 Å². The number of carbonyl (C=O) groups excluding carboxylic acids is 1. The topological polar surface area (TPSA) is 79.8 Å². The molecule has 0 aliphatic heterocycles. The summed E-state index contributed by atoms with van der Waals surface area (Å²) in [6, 6.07) is 17.7. The highest BCUT2D eigenvalue weighted by Gasteiger charge is 2.18. The molecule has 178 valence electrons. The third-order valence-electron chi connectivity index (χ3n) is 5.12. The molecule has 0 fully saturated rings. The summed E-state index contributed by atoms with van der Waals surface area (Å²) < 4.78 is 41.5. The molecule has 0 radical (unpaired) electrons. The van der Waals surface area contributed by atoms with E-state index in [2.05, 4.69) is 25.6 Å². The molecule has 5 aromatic rings. The van der Waals surface area contributed by atoms with Crippen LogP contribution in [0.2, 0.25) is 0 Å². The van der Waals surface area contributed by atoms with Gasteiger partial charge in [-0.15, -0.1) is 11.3 Å². The molecule has 6 nitrogen and oxygen atoms in total. The molecular formula is C26H16F3N5OS. The number of hydrogen-bond donors (Lipinski definition) is 2. The highest BCUT2D eigenvalue weighted by molar-refractivity contribution is 7.13. The molecule has 3 aromatic carbocycles. The van der Waals surface area contributed by atoms with Gasteiger partial charge < -0.3 is 10.6 Å². The van der Waals surface area contributed by atoms with E-state index in [9.17, 15) is 18.0 Å². The summed E-state index contributed by atoms with van der Waals surface area (Å²) in [5, 5.41) is 5.51. The Bertz CT molecular complexity index is 1550. The lowest BCUT2D eigenvalue weighted by Crippen LogP contribution is -2.15. The van der Waals surface area contributed by atoms with Crippen molar-refractivity contribution in [2.75, 3.05) is 10.6 Å². The van der Waals surface area contributed by atoms with Crippen LogP contribution in [0.1, 0.15) is 10.4 Å². The number of nitrogens with zero attached hydrogens (tertiary/aromatic N) is 3. The summed E-state index contributed by atoms with van der Waals surface area (Å²) in [5.41, 5.74) is 3.70. The zero-order valence-corrected chi connectivity index (χ0v) is 19.2. The number of halogens is 3. The van der Waals surface area contributed by atoms with Gasteiger partial charge in [-0.3, -0.25) is 4.79 Å². The van der Waals surface area contributed by atoms with Gasteiger partial charge in [0.1, 0.15) is 23.0 Å². The maximum absolute atomic E-state index is 14.0. The monoisotopic (exact) mass is 503 g/mol. The molecule has 10 heteroatoms. The molecule has 2 aromatic heterocycles. The van der Waals surface area contributed by atoms with E-state index in [1.165, 1.54) is 29.5 Å². The number of amides is 1. The van der Waals surface area contributed by atoms with E-state index >= 15 is 0 Å². The van der Waals surface area contributed by atoms with Crippen molar-refractivity contribution in [1.29, 1.82) is 0 Å². The number of anilines is 3. The van der Waals surface area contributed by atoms with E-state index in [-0.39, 0.29) is 11.8 Å². The fourth-order valence-electron chi connectivity index (χ4n) is 3.53. The van der Waals surface area contributed by atoms with Crippen molar-refractivity contribution in [3.8, 4) is 21.8 Å². The maximum atomic E-state index is 14.0. The Morgan fingerprint density at radius 3 is 2.39 bits per heavy atom. The van der Waals surface area contributed by atoms with Crippen LogP contribution < -0.4 is 10.6 Å². The van der Waals surface area contributed by atoms with Crippen LogP contribution in [0.25, 0.3) is 21.8 Å². The first-order chi connectivity index (χ1) is 17.5. The Hall–Kier alpha value is -4.57. The Balaban J connectivity index is 1.41. The Labute approximate surface area is 207 Å². The van der Waals surface area contributed by atoms with Gasteiger partial charge in [0, 0.05) is 23.1 Å². The van der Waals surface area contributed by atoms with Gasteiger partial charge in [-0.25, -0.2) is 28.1 Å². The molecular weight excluding hydrogens is 487 g/mol. The fraction of sp³-hybridized carbons (Fsp3) is 0. The number of thiazole rings is 1. The number of rotatable bonds is 6. The third kappa shape index (κ3) is 4.93. The standard InChI is InChI=1S/C26H16F3N5OS/c27-16-5-2-7-18(13-16)33-26-30-11-10-21(34-26)24-23(31-14-36-24)15-4-1-6-17(12-15)32-25(35)22-19(28)8-3-9-20(22)29/h1-14H,(H,32,35)(H,30,33,34). The summed E-state index contributed by atoms with van der Waals surface area (Å²) in [5.74, 6) is -2.89. The van der Waals surface area contributed by atoms with Crippen molar-refractivity contribution in [2.24, 2.45) is 0 Å². The lowest BCUT2D eigenvalue weighted by atomic mass is 10.1. The van der Waals surface area contributed by atoms with Crippen molar-refractivity contribution in [3.05, 3.63) is 108 Å². The van der Waals surface area contributed by atoms with Crippen molar-refractivity contribution >= 4 is 34.6 Å². The zero-order chi connectivity index (χ0) is 25.1. The smallest absolute Gasteiger partial charge is 0.261 e. The summed E-state index contributed by atoms with van der Waals surface area (Å²) in [7, 11) is 0. The SMILES string of the molecule is O=C(Nc1cccc(-c2ncsc2-c2ccnc(Nc3cccc(F)c3)n2)c1)c1c(F)cccc1F. The first kappa shape index (κ1) is 23.2. The van der Waals surface area contributed by atoms with E-state index in [1.807, 2.05) is 0 Å². The summed E-state index contributed by atoms with van der Waals surface area (Å²) in [6.07, 6.45) is 1.58. The molecule has 0 aliphatic rings. The predicted octanol–water partition coefficient (Wildman–Crippen LogP) is 6.68. The fourth-order valence-corrected chi connectivity index (χ4v) is 4.31. The minimum absolute atomic E-state index is 0.283. The van der Waals surface area contributed by atoms with Gasteiger partial charge in [-0.2, -0.15) is 0 Å². The molecule has 0 spiro atoms. The van der Waals surface area contributed by atoms with Crippen LogP contribution in [0.5, 0.6) is 0 Å². The number of carbonyl (C=O) groups is 1. The number of hydrogen-bond acceptors (Lipinski definition) is 6. The number of nitrogens with one attached hydrogen (secondary N) is 2. The lowest BCUT2D eigenvalue weighted by Gasteiger charge is -2.09. The normalized spacial score (nSPS) is 10.8. The molecule has 0 bridgehead atoms. The van der Waals surface area contributed by atoms with E-state index in [1.54, 1.807) is 54.2 Å². The first-order valence-electron chi connectivity index (χ1n) is 10.6. The highest BCUT2D eigenvalue weighted by Crippen LogP contribution is 2.35. The van der Waals surface area contributed by atoms with Gasteiger partial charge in [0.05, 0.1) is 21.8 Å². The van der Waals surface area contributed by atoms with Crippen molar-refractivity contribution in [2.45, 2.75) is 0 Å². The predicted molar refractivity (Wildman–Crippen MR) is 133 cm³/mol. The first-order valence-corrected chi connectivity index (χ1v) is 11.5. The Morgan fingerprint density at radius 2 is 1.58 bits per heavy atom. The molecule has 2 heterocycles. The van der Waals surface area contributed by atoms with E-state index in [0.717, 1.165) is 17.0 Å². The molecule has 0 saturated heterocycles. The van der Waals surface area contributed by atoms with Crippen molar-refractivity contribution < 1.29 is 18.0 Å². The van der Waals surface area contributed by atoms with Crippen LogP contribution in [0.15, 0.2) is 84.5 Å². The van der Waals surface area contributed by atoms with E-state index in [0.29, 0.717) is 28.3 Å². The van der Waals surface area contributed by atoms with Gasteiger partial charge >= 0.3 is 0 Å².